The molecule has 2 aromatic rings. The minimum absolute atomic E-state index is 0.377. The lowest BCUT2D eigenvalue weighted by molar-refractivity contribution is 0.579. The predicted octanol–water partition coefficient (Wildman–Crippen LogP) is 2.67. The maximum atomic E-state index is 13.4. The van der Waals surface area contributed by atoms with Gasteiger partial charge in [-0.05, 0) is 18.6 Å². The number of rotatable bonds is 1. The van der Waals surface area contributed by atoms with Crippen molar-refractivity contribution in [2.45, 2.75) is 6.92 Å². The lowest BCUT2D eigenvalue weighted by Crippen LogP contribution is -1.89. The van der Waals surface area contributed by atoms with Crippen molar-refractivity contribution in [2.75, 3.05) is 0 Å². The van der Waals surface area contributed by atoms with Gasteiger partial charge in [0.25, 0.3) is 0 Å². The van der Waals surface area contributed by atoms with Crippen LogP contribution in [0, 0.1) is 18.6 Å². The van der Waals surface area contributed by atoms with Gasteiger partial charge in [0.2, 0.25) is 0 Å². The molecule has 0 radical (unpaired) electrons. The van der Waals surface area contributed by atoms with Gasteiger partial charge < -0.3 is 0 Å². The number of aromatic nitrogens is 2. The highest BCUT2D eigenvalue weighted by molar-refractivity contribution is 5.63. The van der Waals surface area contributed by atoms with Gasteiger partial charge in [-0.25, -0.2) is 8.78 Å². The molecule has 1 aromatic carbocycles. The molecule has 2 nitrogen and oxygen atoms in total. The predicted molar refractivity (Wildman–Crippen MR) is 53.3 cm³/mol. The third-order valence-electron chi connectivity index (χ3n) is 2.26. The lowest BCUT2D eigenvalue weighted by Gasteiger charge is -2.02. The number of hydrogen-bond acceptors (Lipinski definition) is 1. The van der Waals surface area contributed by atoms with E-state index in [-0.39, 0.29) is 0 Å². The third-order valence-corrected chi connectivity index (χ3v) is 2.26. The summed E-state index contributed by atoms with van der Waals surface area (Å²) in [6.07, 6.45) is 3.24. The van der Waals surface area contributed by atoms with E-state index in [1.165, 1.54) is 6.07 Å². The van der Waals surface area contributed by atoms with Crippen LogP contribution < -0.4 is 0 Å². The van der Waals surface area contributed by atoms with Crippen molar-refractivity contribution in [3.63, 3.8) is 0 Å². The zero-order chi connectivity index (χ0) is 11.0. The number of aryl methyl sites for hydroxylation is 2. The second-order valence-corrected chi connectivity index (χ2v) is 3.48. The van der Waals surface area contributed by atoms with E-state index in [0.717, 1.165) is 6.07 Å². The molecular formula is C11H10F2N2. The molecule has 0 saturated carbocycles. The van der Waals surface area contributed by atoms with Crippen LogP contribution in [0.25, 0.3) is 11.1 Å². The van der Waals surface area contributed by atoms with Gasteiger partial charge in [-0.2, -0.15) is 5.10 Å². The summed E-state index contributed by atoms with van der Waals surface area (Å²) in [5, 5.41) is 3.94. The van der Waals surface area contributed by atoms with Crippen LogP contribution in [0.2, 0.25) is 0 Å². The molecule has 0 aliphatic carbocycles. The Kier molecular flexibility index (Phi) is 2.26. The van der Waals surface area contributed by atoms with Gasteiger partial charge in [0.1, 0.15) is 11.6 Å². The fourth-order valence-electron chi connectivity index (χ4n) is 1.44. The van der Waals surface area contributed by atoms with Crippen molar-refractivity contribution in [3.05, 3.63) is 41.7 Å². The van der Waals surface area contributed by atoms with Crippen LogP contribution in [0.15, 0.2) is 24.5 Å². The maximum absolute atomic E-state index is 13.4. The molecule has 0 fully saturated rings. The van der Waals surface area contributed by atoms with E-state index in [1.54, 1.807) is 31.0 Å². The average molecular weight is 208 g/mol. The SMILES string of the molecule is Cc1cc(-c2cnn(C)c2)c(F)cc1F. The van der Waals surface area contributed by atoms with Crippen LogP contribution in [0.1, 0.15) is 5.56 Å². The molecule has 1 aromatic heterocycles. The molecule has 0 aliphatic heterocycles. The Labute approximate surface area is 86.2 Å². The van der Waals surface area contributed by atoms with Gasteiger partial charge in [0, 0.05) is 30.4 Å². The summed E-state index contributed by atoms with van der Waals surface area (Å²) in [5.74, 6) is -1.09. The van der Waals surface area contributed by atoms with E-state index in [0.29, 0.717) is 16.7 Å². The van der Waals surface area contributed by atoms with E-state index < -0.39 is 11.6 Å². The van der Waals surface area contributed by atoms with Crippen LogP contribution in [0.4, 0.5) is 8.78 Å². The molecule has 0 bridgehead atoms. The van der Waals surface area contributed by atoms with Crippen molar-refractivity contribution in [1.82, 2.24) is 9.78 Å². The highest BCUT2D eigenvalue weighted by Gasteiger charge is 2.10. The van der Waals surface area contributed by atoms with Crippen molar-refractivity contribution in [2.24, 2.45) is 7.05 Å². The first-order valence-corrected chi connectivity index (χ1v) is 4.52. The molecule has 1 heterocycles. The fourth-order valence-corrected chi connectivity index (χ4v) is 1.44. The first-order valence-electron chi connectivity index (χ1n) is 4.52. The summed E-state index contributed by atoms with van der Waals surface area (Å²) >= 11 is 0. The molecule has 4 heteroatoms. The van der Waals surface area contributed by atoms with Crippen molar-refractivity contribution in [3.8, 4) is 11.1 Å². The molecule has 0 atom stereocenters. The maximum Gasteiger partial charge on any atom is 0.134 e. The van der Waals surface area contributed by atoms with Gasteiger partial charge in [-0.3, -0.25) is 4.68 Å². The molecule has 0 N–H and O–H groups in total. The molecule has 0 amide bonds. The summed E-state index contributed by atoms with van der Waals surface area (Å²) in [5.41, 5.74) is 1.45. The Hall–Kier alpha value is -1.71. The summed E-state index contributed by atoms with van der Waals surface area (Å²) in [4.78, 5) is 0. The molecule has 78 valence electrons. The summed E-state index contributed by atoms with van der Waals surface area (Å²) < 4.78 is 28.0. The van der Waals surface area contributed by atoms with Crippen LogP contribution in [-0.4, -0.2) is 9.78 Å². The quantitative estimate of drug-likeness (QED) is 0.704. The van der Waals surface area contributed by atoms with Gasteiger partial charge in [-0.1, -0.05) is 0 Å². The largest absolute Gasteiger partial charge is 0.275 e. The smallest absolute Gasteiger partial charge is 0.134 e. The fraction of sp³-hybridized carbons (Fsp3) is 0.182. The summed E-state index contributed by atoms with van der Waals surface area (Å²) in [7, 11) is 1.75. The van der Waals surface area contributed by atoms with E-state index in [4.69, 9.17) is 0 Å². The van der Waals surface area contributed by atoms with Crippen molar-refractivity contribution >= 4 is 0 Å². The molecule has 0 aliphatic rings. The molecule has 2 rings (SSSR count). The standard InChI is InChI=1S/C11H10F2N2/c1-7-3-9(11(13)4-10(7)12)8-5-14-15(2)6-8/h3-6H,1-2H3. The normalized spacial score (nSPS) is 10.7. The topological polar surface area (TPSA) is 17.8 Å². The van der Waals surface area contributed by atoms with Gasteiger partial charge in [-0.15, -0.1) is 0 Å². The van der Waals surface area contributed by atoms with Gasteiger partial charge in [0.15, 0.2) is 0 Å². The minimum Gasteiger partial charge on any atom is -0.275 e. The Morgan fingerprint density at radius 3 is 2.53 bits per heavy atom. The first kappa shape index (κ1) is 9.83. The second-order valence-electron chi connectivity index (χ2n) is 3.48. The third kappa shape index (κ3) is 1.75. The Balaban J connectivity index is 2.58. The van der Waals surface area contributed by atoms with Crippen LogP contribution in [-0.2, 0) is 7.05 Å². The average Bonchev–Trinajstić information content (AvgIpc) is 2.58. The molecule has 0 spiro atoms. The molecule has 0 saturated heterocycles. The van der Waals surface area contributed by atoms with Crippen LogP contribution in [0.3, 0.4) is 0 Å². The first-order chi connectivity index (χ1) is 7.08. The molecule has 15 heavy (non-hydrogen) atoms. The van der Waals surface area contributed by atoms with E-state index in [2.05, 4.69) is 5.10 Å². The van der Waals surface area contributed by atoms with Crippen LogP contribution >= 0.6 is 0 Å². The number of halogens is 2. The highest BCUT2D eigenvalue weighted by atomic mass is 19.1. The molecular weight excluding hydrogens is 198 g/mol. The van der Waals surface area contributed by atoms with Gasteiger partial charge in [0.05, 0.1) is 6.20 Å². The van der Waals surface area contributed by atoms with Crippen LogP contribution in [0.5, 0.6) is 0 Å². The van der Waals surface area contributed by atoms with E-state index in [9.17, 15) is 8.78 Å². The van der Waals surface area contributed by atoms with E-state index >= 15 is 0 Å². The van der Waals surface area contributed by atoms with Gasteiger partial charge >= 0.3 is 0 Å². The Morgan fingerprint density at radius 2 is 1.93 bits per heavy atom. The Morgan fingerprint density at radius 1 is 1.20 bits per heavy atom. The number of nitrogens with zero attached hydrogens (tertiary/aromatic N) is 2. The zero-order valence-electron chi connectivity index (χ0n) is 8.46. The summed E-state index contributed by atoms with van der Waals surface area (Å²) in [6.45, 7) is 1.61. The highest BCUT2D eigenvalue weighted by Crippen LogP contribution is 2.24. The van der Waals surface area contributed by atoms with Crippen molar-refractivity contribution < 1.29 is 8.78 Å². The van der Waals surface area contributed by atoms with E-state index in [1.807, 2.05) is 0 Å². The summed E-state index contributed by atoms with van der Waals surface area (Å²) in [6, 6.07) is 2.39. The number of hydrogen-bond donors (Lipinski definition) is 0. The minimum atomic E-state index is -0.564. The molecule has 0 unspecified atom stereocenters. The number of benzene rings is 1. The Bertz CT molecular complexity index is 503. The zero-order valence-corrected chi connectivity index (χ0v) is 8.46. The monoisotopic (exact) mass is 208 g/mol. The van der Waals surface area contributed by atoms with Crippen molar-refractivity contribution in [1.29, 1.82) is 0 Å². The lowest BCUT2D eigenvalue weighted by atomic mass is 10.1. The second kappa shape index (κ2) is 3.46.